The molecule has 30 heavy (non-hydrogen) atoms. The lowest BCUT2D eigenvalue weighted by atomic mass is 10.1. The summed E-state index contributed by atoms with van der Waals surface area (Å²) in [5.74, 6) is -0.195. The van der Waals surface area contributed by atoms with Crippen molar-refractivity contribution in [2.24, 2.45) is 0 Å². The highest BCUT2D eigenvalue weighted by Gasteiger charge is 2.11. The minimum absolute atomic E-state index is 0.190. The summed E-state index contributed by atoms with van der Waals surface area (Å²) < 4.78 is 25.7. The van der Waals surface area contributed by atoms with Gasteiger partial charge in [-0.05, 0) is 67.9 Å². The normalized spacial score (nSPS) is 15.4. The summed E-state index contributed by atoms with van der Waals surface area (Å²) in [6.45, 7) is 3.81. The van der Waals surface area contributed by atoms with Crippen molar-refractivity contribution in [3.63, 3.8) is 0 Å². The molecule has 1 aliphatic heterocycles. The van der Waals surface area contributed by atoms with Crippen molar-refractivity contribution in [2.75, 3.05) is 20.1 Å². The van der Waals surface area contributed by atoms with Crippen LogP contribution >= 0.6 is 0 Å². The molecule has 0 bridgehead atoms. The van der Waals surface area contributed by atoms with Crippen molar-refractivity contribution in [3.8, 4) is 0 Å². The van der Waals surface area contributed by atoms with Gasteiger partial charge in [0, 0.05) is 19.2 Å². The molecule has 0 aliphatic carbocycles. The highest BCUT2D eigenvalue weighted by molar-refractivity contribution is 7.89. The molecule has 1 fully saturated rings. The van der Waals surface area contributed by atoms with E-state index in [9.17, 15) is 13.2 Å². The van der Waals surface area contributed by atoms with Crippen LogP contribution in [0.4, 0.5) is 0 Å². The first-order valence-corrected chi connectivity index (χ1v) is 11.7. The van der Waals surface area contributed by atoms with E-state index in [-0.39, 0.29) is 10.8 Å². The minimum atomic E-state index is -3.45. The van der Waals surface area contributed by atoms with Gasteiger partial charge in [0.2, 0.25) is 15.9 Å². The van der Waals surface area contributed by atoms with Crippen LogP contribution in [-0.2, 0) is 27.9 Å². The molecule has 6 nitrogen and oxygen atoms in total. The zero-order chi connectivity index (χ0) is 21.4. The fourth-order valence-corrected chi connectivity index (χ4v) is 4.16. The van der Waals surface area contributed by atoms with Gasteiger partial charge >= 0.3 is 0 Å². The Balaban J connectivity index is 1.47. The summed E-state index contributed by atoms with van der Waals surface area (Å²) in [7, 11) is -2.08. The van der Waals surface area contributed by atoms with Crippen LogP contribution < -0.4 is 10.0 Å². The van der Waals surface area contributed by atoms with E-state index >= 15 is 0 Å². The van der Waals surface area contributed by atoms with E-state index in [2.05, 4.69) is 39.2 Å². The standard InChI is InChI=1S/C23H29N3O3S/c1-24-30(28,29)22-12-9-19(10-13-22)11-14-23(27)25-17-20-5-7-21(8-6-20)18-26-15-3-2-4-16-26/h5-14,24H,2-4,15-18H2,1H3,(H,25,27)/b14-11+. The van der Waals surface area contributed by atoms with Crippen molar-refractivity contribution in [1.82, 2.24) is 14.9 Å². The van der Waals surface area contributed by atoms with Crippen LogP contribution in [0.2, 0.25) is 0 Å². The Morgan fingerprint density at radius 2 is 1.60 bits per heavy atom. The van der Waals surface area contributed by atoms with E-state index in [1.807, 2.05) is 0 Å². The van der Waals surface area contributed by atoms with Crippen LogP contribution in [0.3, 0.4) is 0 Å². The molecule has 0 aromatic heterocycles. The number of piperidine rings is 1. The molecule has 1 aliphatic rings. The van der Waals surface area contributed by atoms with Crippen LogP contribution in [0.25, 0.3) is 6.08 Å². The van der Waals surface area contributed by atoms with Crippen LogP contribution in [0.5, 0.6) is 0 Å². The molecular formula is C23H29N3O3S. The van der Waals surface area contributed by atoms with E-state index < -0.39 is 10.0 Å². The summed E-state index contributed by atoms with van der Waals surface area (Å²) in [5.41, 5.74) is 3.11. The van der Waals surface area contributed by atoms with E-state index in [0.29, 0.717) is 6.54 Å². The number of rotatable bonds is 8. The zero-order valence-electron chi connectivity index (χ0n) is 17.3. The Kier molecular flexibility index (Phi) is 7.79. The Bertz CT molecular complexity index is 962. The van der Waals surface area contributed by atoms with E-state index in [1.165, 1.54) is 63.2 Å². The first kappa shape index (κ1) is 22.2. The summed E-state index contributed by atoms with van der Waals surface area (Å²) in [4.78, 5) is 14.8. The maximum Gasteiger partial charge on any atom is 0.244 e. The number of sulfonamides is 1. The van der Waals surface area contributed by atoms with Gasteiger partial charge in [-0.3, -0.25) is 9.69 Å². The summed E-state index contributed by atoms with van der Waals surface area (Å²) >= 11 is 0. The third-order valence-electron chi connectivity index (χ3n) is 5.23. The molecule has 2 aromatic rings. The molecule has 2 aromatic carbocycles. The summed E-state index contributed by atoms with van der Waals surface area (Å²) in [6.07, 6.45) is 7.03. The van der Waals surface area contributed by atoms with Gasteiger partial charge < -0.3 is 5.32 Å². The SMILES string of the molecule is CNS(=O)(=O)c1ccc(/C=C/C(=O)NCc2ccc(CN3CCCCC3)cc2)cc1. The van der Waals surface area contributed by atoms with Crippen LogP contribution in [0.15, 0.2) is 59.5 Å². The van der Waals surface area contributed by atoms with E-state index in [0.717, 1.165) is 17.7 Å². The molecule has 0 saturated carbocycles. The third kappa shape index (κ3) is 6.52. The lowest BCUT2D eigenvalue weighted by molar-refractivity contribution is -0.116. The Labute approximate surface area is 179 Å². The molecule has 1 heterocycles. The molecule has 2 N–H and O–H groups in total. The molecule has 3 rings (SSSR count). The first-order valence-electron chi connectivity index (χ1n) is 10.3. The third-order valence-corrected chi connectivity index (χ3v) is 6.66. The Morgan fingerprint density at radius 1 is 0.967 bits per heavy atom. The lowest BCUT2D eigenvalue weighted by Gasteiger charge is -2.26. The topological polar surface area (TPSA) is 78.5 Å². The number of likely N-dealkylation sites (tertiary alicyclic amines) is 1. The van der Waals surface area contributed by atoms with E-state index in [1.54, 1.807) is 18.2 Å². The van der Waals surface area contributed by atoms with Crippen molar-refractivity contribution in [3.05, 3.63) is 71.3 Å². The summed E-state index contributed by atoms with van der Waals surface area (Å²) in [6, 6.07) is 14.7. The van der Waals surface area contributed by atoms with Gasteiger partial charge in [-0.25, -0.2) is 13.1 Å². The van der Waals surface area contributed by atoms with E-state index in [4.69, 9.17) is 0 Å². The number of hydrogen-bond donors (Lipinski definition) is 2. The fourth-order valence-electron chi connectivity index (χ4n) is 3.43. The van der Waals surface area contributed by atoms with Gasteiger partial charge in [-0.2, -0.15) is 0 Å². The molecule has 0 radical (unpaired) electrons. The van der Waals surface area contributed by atoms with Crippen molar-refractivity contribution in [1.29, 1.82) is 0 Å². The maximum atomic E-state index is 12.1. The van der Waals surface area contributed by atoms with Crippen LogP contribution in [-0.4, -0.2) is 39.4 Å². The van der Waals surface area contributed by atoms with Crippen molar-refractivity contribution < 1.29 is 13.2 Å². The Morgan fingerprint density at radius 3 is 2.23 bits per heavy atom. The zero-order valence-corrected chi connectivity index (χ0v) is 18.1. The number of amides is 1. The average Bonchev–Trinajstić information content (AvgIpc) is 2.78. The van der Waals surface area contributed by atoms with Crippen LogP contribution in [0, 0.1) is 0 Å². The van der Waals surface area contributed by atoms with Gasteiger partial charge in [-0.15, -0.1) is 0 Å². The van der Waals surface area contributed by atoms with Gasteiger partial charge in [-0.1, -0.05) is 42.8 Å². The molecular weight excluding hydrogens is 398 g/mol. The number of hydrogen-bond acceptors (Lipinski definition) is 4. The number of benzene rings is 2. The molecule has 0 unspecified atom stereocenters. The predicted octanol–water partition coefficient (Wildman–Crippen LogP) is 2.91. The number of nitrogens with one attached hydrogen (secondary N) is 2. The smallest absolute Gasteiger partial charge is 0.244 e. The second-order valence-electron chi connectivity index (χ2n) is 7.48. The first-order chi connectivity index (χ1) is 14.5. The quantitative estimate of drug-likeness (QED) is 0.635. The fraction of sp³-hybridized carbons (Fsp3) is 0.348. The van der Waals surface area contributed by atoms with Crippen LogP contribution in [0.1, 0.15) is 36.0 Å². The van der Waals surface area contributed by atoms with Crippen molar-refractivity contribution in [2.45, 2.75) is 37.2 Å². The number of carbonyl (C=O) groups is 1. The maximum absolute atomic E-state index is 12.1. The average molecular weight is 428 g/mol. The second-order valence-corrected chi connectivity index (χ2v) is 9.37. The number of carbonyl (C=O) groups excluding carboxylic acids is 1. The molecule has 1 amide bonds. The highest BCUT2D eigenvalue weighted by Crippen LogP contribution is 2.14. The molecule has 0 spiro atoms. The minimum Gasteiger partial charge on any atom is -0.348 e. The lowest BCUT2D eigenvalue weighted by Crippen LogP contribution is -2.29. The van der Waals surface area contributed by atoms with Gasteiger partial charge in [0.25, 0.3) is 0 Å². The molecule has 0 atom stereocenters. The van der Waals surface area contributed by atoms with Gasteiger partial charge in [0.15, 0.2) is 0 Å². The van der Waals surface area contributed by atoms with Gasteiger partial charge in [0.05, 0.1) is 4.90 Å². The predicted molar refractivity (Wildman–Crippen MR) is 119 cm³/mol. The second kappa shape index (κ2) is 10.5. The summed E-state index contributed by atoms with van der Waals surface area (Å²) in [5, 5.41) is 2.87. The number of nitrogens with zero attached hydrogens (tertiary/aromatic N) is 1. The van der Waals surface area contributed by atoms with Crippen molar-refractivity contribution >= 4 is 22.0 Å². The molecule has 1 saturated heterocycles. The Hall–Kier alpha value is -2.48. The highest BCUT2D eigenvalue weighted by atomic mass is 32.2. The monoisotopic (exact) mass is 427 g/mol. The largest absolute Gasteiger partial charge is 0.348 e. The molecule has 160 valence electrons. The molecule has 7 heteroatoms. The van der Waals surface area contributed by atoms with Gasteiger partial charge in [0.1, 0.15) is 0 Å².